The van der Waals surface area contributed by atoms with Crippen LogP contribution in [0.15, 0.2) is 46.1 Å². The van der Waals surface area contributed by atoms with E-state index >= 15 is 0 Å². The summed E-state index contributed by atoms with van der Waals surface area (Å²) in [5, 5.41) is 18.3. The highest BCUT2D eigenvalue weighted by Crippen LogP contribution is 3.08. The first-order chi connectivity index (χ1) is 26.0. The molecule has 5 heterocycles. The predicted molar refractivity (Wildman–Crippen MR) is 180 cm³/mol. The van der Waals surface area contributed by atoms with Crippen molar-refractivity contribution in [2.45, 2.75) is 31.6 Å². The molecule has 1 aliphatic heterocycles. The van der Waals surface area contributed by atoms with Crippen LogP contribution in [0.1, 0.15) is 23.0 Å². The number of carbonyl (C=O) groups is 2. The van der Waals surface area contributed by atoms with E-state index in [0.717, 1.165) is 0 Å². The van der Waals surface area contributed by atoms with Gasteiger partial charge in [-0.1, -0.05) is 6.92 Å². The van der Waals surface area contributed by atoms with Crippen molar-refractivity contribution in [2.75, 3.05) is 38.2 Å². The van der Waals surface area contributed by atoms with Gasteiger partial charge in [0.1, 0.15) is 29.1 Å². The highest BCUT2D eigenvalue weighted by molar-refractivity contribution is 6.06. The number of halogens is 3. The molecule has 0 radical (unpaired) electrons. The maximum Gasteiger partial charge on any atom is 0.395 e. The molecule has 2 amide bonds. The second-order valence-electron chi connectivity index (χ2n) is 15.3. The number of pyridine rings is 1. The third kappa shape index (κ3) is 3.40. The Kier molecular flexibility index (Phi) is 5.94. The molecular weight excluding hydrogens is 711 g/mol. The van der Waals surface area contributed by atoms with E-state index in [1.165, 1.54) is 30.3 Å². The van der Waals surface area contributed by atoms with Crippen LogP contribution in [0.2, 0.25) is 0 Å². The maximum absolute atomic E-state index is 14.4. The molecule has 18 heteroatoms. The van der Waals surface area contributed by atoms with Gasteiger partial charge in [-0.15, -0.1) is 5.10 Å². The first kappa shape index (κ1) is 31.8. The number of phenolic OH excluding ortho intramolecular Hbond substituents is 1. The fourth-order valence-corrected chi connectivity index (χ4v) is 11.9. The number of phenols is 1. The number of amides is 2. The van der Waals surface area contributed by atoms with Gasteiger partial charge in [-0.2, -0.15) is 22.7 Å². The summed E-state index contributed by atoms with van der Waals surface area (Å²) in [7, 11) is 1.47. The van der Waals surface area contributed by atoms with Crippen molar-refractivity contribution in [2.24, 2.45) is 40.9 Å². The Morgan fingerprint density at radius 2 is 1.78 bits per heavy atom. The molecule has 15 nitrogen and oxygen atoms in total. The van der Waals surface area contributed by atoms with Gasteiger partial charge in [0, 0.05) is 44.0 Å². The number of ether oxygens (including phenoxy) is 1. The largest absolute Gasteiger partial charge is 0.507 e. The van der Waals surface area contributed by atoms with Crippen LogP contribution < -0.4 is 20.5 Å². The van der Waals surface area contributed by atoms with Crippen molar-refractivity contribution in [1.29, 1.82) is 0 Å². The van der Waals surface area contributed by atoms with Gasteiger partial charge in [-0.25, -0.2) is 9.97 Å². The number of benzene rings is 1. The molecule has 278 valence electrons. The third-order valence-corrected chi connectivity index (χ3v) is 13.7. The number of fused-ring (bicyclic) bond motifs is 2. The van der Waals surface area contributed by atoms with Crippen LogP contribution in [0.4, 0.5) is 18.9 Å². The van der Waals surface area contributed by atoms with Crippen LogP contribution in [0.25, 0.3) is 28.3 Å². The highest BCUT2D eigenvalue weighted by Gasteiger charge is 3.14. The number of nitrogens with one attached hydrogen (secondary N) is 1. The topological polar surface area (TPSA) is 173 Å². The Bertz CT molecular complexity index is 2500. The summed E-state index contributed by atoms with van der Waals surface area (Å²) in [5.74, 6) is -1.91. The van der Waals surface area contributed by atoms with E-state index in [9.17, 15) is 32.7 Å². The minimum Gasteiger partial charge on any atom is -0.507 e. The molecule has 6 saturated carbocycles. The van der Waals surface area contributed by atoms with Gasteiger partial charge < -0.3 is 33.9 Å². The number of hydrogen-bond acceptors (Lipinski definition) is 11. The summed E-state index contributed by atoms with van der Waals surface area (Å²) in [4.78, 5) is 58.4. The fraction of sp³-hybridized carbons (Fsp3) is 0.472. The van der Waals surface area contributed by atoms with Crippen molar-refractivity contribution >= 4 is 34.4 Å². The van der Waals surface area contributed by atoms with E-state index in [1.54, 1.807) is 27.7 Å². The molecular formula is C36H32F3N9O6. The average molecular weight is 744 g/mol. The third-order valence-electron chi connectivity index (χ3n) is 13.7. The van der Waals surface area contributed by atoms with Crippen molar-refractivity contribution in [3.05, 3.63) is 58.5 Å². The lowest BCUT2D eigenvalue weighted by Crippen LogP contribution is -3.16. The summed E-state index contributed by atoms with van der Waals surface area (Å²) in [5.41, 5.74) is -0.543. The summed E-state index contributed by atoms with van der Waals surface area (Å²) in [6.45, 7) is 2.55. The number of alkyl halides is 3. The molecule has 12 rings (SSSR count). The van der Waals surface area contributed by atoms with Crippen LogP contribution in [0.5, 0.6) is 11.6 Å². The van der Waals surface area contributed by atoms with Gasteiger partial charge in [-0.3, -0.25) is 14.4 Å². The standard InChI is InChI=1S/C36H32F3N9O6/c1-3-17-28(45-8-10-46(11-9-45)31(51)21-18(49)5-4-16-29(21)54-14-41-16)32(52)48-33(42-30(44-48)15-6-7-40-20(12-15)53-2)47(17)13-19(50)43-35-25-22-26(35)24-27(35)23(25)34(22,24)36(37,38)39/h4-7,12,14,22-27,49H,3,8-11,13H2,1-2H3,(H,43,50). The van der Waals surface area contributed by atoms with E-state index in [2.05, 4.69) is 20.4 Å². The number of aromatic nitrogens is 6. The highest BCUT2D eigenvalue weighted by atomic mass is 19.4. The second kappa shape index (κ2) is 10.1. The van der Waals surface area contributed by atoms with Crippen LogP contribution in [0, 0.1) is 40.9 Å². The zero-order valence-corrected chi connectivity index (χ0v) is 28.9. The predicted octanol–water partition coefficient (Wildman–Crippen LogP) is 2.50. The van der Waals surface area contributed by atoms with Crippen LogP contribution in [-0.2, 0) is 17.8 Å². The molecule has 7 aliphatic rings. The van der Waals surface area contributed by atoms with E-state index < -0.39 is 28.6 Å². The first-order valence-corrected chi connectivity index (χ1v) is 18.0. The first-order valence-electron chi connectivity index (χ1n) is 18.0. The minimum absolute atomic E-state index is 0.00928. The summed E-state index contributed by atoms with van der Waals surface area (Å²) < 4.78 is 55.5. The number of piperazine rings is 1. The molecule has 2 N–H and O–H groups in total. The minimum atomic E-state index is -4.20. The lowest BCUT2D eigenvalue weighted by molar-refractivity contribution is -0.663. The second-order valence-corrected chi connectivity index (χ2v) is 15.3. The Balaban J connectivity index is 0.922. The molecule has 0 unspecified atom stereocenters. The zero-order valence-electron chi connectivity index (χ0n) is 28.9. The molecule has 54 heavy (non-hydrogen) atoms. The van der Waals surface area contributed by atoms with E-state index in [1.807, 2.05) is 11.8 Å². The quantitative estimate of drug-likeness (QED) is 0.239. The summed E-state index contributed by atoms with van der Waals surface area (Å²) >= 11 is 0. The van der Waals surface area contributed by atoms with Gasteiger partial charge in [0.2, 0.25) is 17.6 Å². The average Bonchev–Trinajstić information content (AvgIpc) is 3.84. The lowest BCUT2D eigenvalue weighted by Gasteiger charge is -3.10. The maximum atomic E-state index is 14.4. The number of oxazole rings is 1. The Hall–Kier alpha value is -5.68. The van der Waals surface area contributed by atoms with Crippen molar-refractivity contribution in [1.82, 2.24) is 39.3 Å². The fourth-order valence-electron chi connectivity index (χ4n) is 11.9. The number of carbonyl (C=O) groups excluding carboxylic acids is 2. The monoisotopic (exact) mass is 743 g/mol. The Morgan fingerprint density at radius 3 is 2.44 bits per heavy atom. The summed E-state index contributed by atoms with van der Waals surface area (Å²) in [6.07, 6.45) is -1.13. The number of aromatic hydroxyl groups is 1. The molecule has 5 aromatic rings. The number of nitrogens with zero attached hydrogens (tertiary/aromatic N) is 8. The van der Waals surface area contributed by atoms with Crippen molar-refractivity contribution < 1.29 is 37.0 Å². The van der Waals surface area contributed by atoms with E-state index in [-0.39, 0.29) is 103 Å². The van der Waals surface area contributed by atoms with E-state index in [4.69, 9.17) is 14.1 Å². The zero-order chi connectivity index (χ0) is 37.2. The molecule has 1 saturated heterocycles. The Morgan fingerprint density at radius 1 is 1.06 bits per heavy atom. The molecule has 6 aliphatic carbocycles. The molecule has 1 aromatic carbocycles. The van der Waals surface area contributed by atoms with Gasteiger partial charge in [0.05, 0.1) is 23.8 Å². The van der Waals surface area contributed by atoms with Crippen molar-refractivity contribution in [3.8, 4) is 23.0 Å². The van der Waals surface area contributed by atoms with Crippen LogP contribution >= 0.6 is 0 Å². The number of hydrogen-bond donors (Lipinski definition) is 2. The number of rotatable bonds is 8. The molecule has 0 bridgehead atoms. The lowest BCUT2D eigenvalue weighted by atomic mass is 8.94. The summed E-state index contributed by atoms with van der Waals surface area (Å²) in [6, 6.07) is 6.26. The van der Waals surface area contributed by atoms with Gasteiger partial charge in [-0.05, 0) is 60.1 Å². The smallest absolute Gasteiger partial charge is 0.395 e. The Labute approximate surface area is 302 Å². The van der Waals surface area contributed by atoms with Crippen molar-refractivity contribution in [3.63, 3.8) is 0 Å². The normalized spacial score (nSPS) is 30.9. The SMILES string of the molecule is CCc1c(N2CCN(C(=O)c3c(O)ccc4ncoc34)CC2)c(=O)n2nc(-c3ccnc(OC)c3)nc2n1CC(=O)NC12C3C4C1C1C2C3C41C(F)(F)F. The number of anilines is 1. The molecule has 0 atom stereocenters. The van der Waals surface area contributed by atoms with Gasteiger partial charge in [0.25, 0.3) is 11.5 Å². The van der Waals surface area contributed by atoms with Gasteiger partial charge in [0.15, 0.2) is 17.8 Å². The van der Waals surface area contributed by atoms with Crippen LogP contribution in [-0.4, -0.2) is 96.0 Å². The van der Waals surface area contributed by atoms with E-state index in [0.29, 0.717) is 34.8 Å². The number of methoxy groups -OCH3 is 1. The molecule has 7 fully saturated rings. The molecule has 0 spiro atoms. The van der Waals surface area contributed by atoms with Gasteiger partial charge >= 0.3 is 6.18 Å². The van der Waals surface area contributed by atoms with Crippen LogP contribution in [0.3, 0.4) is 0 Å². The molecule has 4 aromatic heterocycles.